The molecule has 1 aliphatic rings. The smallest absolute Gasteiger partial charge is 0.408 e. The Morgan fingerprint density at radius 3 is 2.37 bits per heavy atom. The predicted molar refractivity (Wildman–Crippen MR) is 113 cm³/mol. The summed E-state index contributed by atoms with van der Waals surface area (Å²) in [5.74, 6) is -0.110. The Morgan fingerprint density at radius 1 is 1.07 bits per heavy atom. The highest BCUT2D eigenvalue weighted by Gasteiger charge is 2.28. The second kappa shape index (κ2) is 11.4. The Morgan fingerprint density at radius 2 is 1.73 bits per heavy atom. The molecule has 1 aromatic carbocycles. The van der Waals surface area contributed by atoms with Crippen LogP contribution >= 0.6 is 0 Å². The second-order valence-corrected chi connectivity index (χ2v) is 8.36. The number of benzene rings is 1. The van der Waals surface area contributed by atoms with Crippen molar-refractivity contribution in [3.05, 3.63) is 35.9 Å². The number of carbonyl (C=O) groups is 3. The SMILES string of the molecule is CC(C)(C)OC(=O)NCCC[C@H](NC(=O)OCc1ccccc1)C(=O)N1CCCC1. The van der Waals surface area contributed by atoms with Crippen molar-refractivity contribution in [2.45, 2.75) is 64.7 Å². The first-order valence-electron chi connectivity index (χ1n) is 10.5. The van der Waals surface area contributed by atoms with E-state index in [1.807, 2.05) is 30.3 Å². The van der Waals surface area contributed by atoms with Crippen LogP contribution in [0, 0.1) is 0 Å². The lowest BCUT2D eigenvalue weighted by molar-refractivity contribution is -0.132. The zero-order chi connectivity index (χ0) is 22.0. The first kappa shape index (κ1) is 23.5. The maximum atomic E-state index is 12.8. The fourth-order valence-electron chi connectivity index (χ4n) is 3.13. The average Bonchev–Trinajstić information content (AvgIpc) is 3.22. The largest absolute Gasteiger partial charge is 0.445 e. The number of hydrogen-bond acceptors (Lipinski definition) is 5. The molecule has 1 aromatic rings. The maximum absolute atomic E-state index is 12.8. The van der Waals surface area contributed by atoms with E-state index in [2.05, 4.69) is 10.6 Å². The second-order valence-electron chi connectivity index (χ2n) is 8.36. The number of alkyl carbamates (subject to hydrolysis) is 2. The van der Waals surface area contributed by atoms with E-state index in [9.17, 15) is 14.4 Å². The molecule has 166 valence electrons. The summed E-state index contributed by atoms with van der Waals surface area (Å²) < 4.78 is 10.5. The van der Waals surface area contributed by atoms with Crippen LogP contribution < -0.4 is 10.6 Å². The van der Waals surface area contributed by atoms with E-state index < -0.39 is 23.8 Å². The number of carbonyl (C=O) groups excluding carboxylic acids is 3. The third-order valence-corrected chi connectivity index (χ3v) is 4.56. The molecular weight excluding hydrogens is 386 g/mol. The van der Waals surface area contributed by atoms with Gasteiger partial charge in [-0.3, -0.25) is 4.79 Å². The lowest BCUT2D eigenvalue weighted by atomic mass is 10.1. The Kier molecular flexibility index (Phi) is 8.95. The minimum absolute atomic E-state index is 0.110. The number of amides is 3. The summed E-state index contributed by atoms with van der Waals surface area (Å²) in [6.07, 6.45) is 1.72. The average molecular weight is 420 g/mol. The third-order valence-electron chi connectivity index (χ3n) is 4.56. The Hall–Kier alpha value is -2.77. The van der Waals surface area contributed by atoms with Crippen LogP contribution in [0.3, 0.4) is 0 Å². The summed E-state index contributed by atoms with van der Waals surface area (Å²) in [6.45, 7) is 7.27. The van der Waals surface area contributed by atoms with Crippen molar-refractivity contribution in [3.8, 4) is 0 Å². The predicted octanol–water partition coefficient (Wildman–Crippen LogP) is 3.21. The normalized spacial score (nSPS) is 14.7. The number of rotatable bonds is 8. The molecule has 0 bridgehead atoms. The van der Waals surface area contributed by atoms with Crippen LogP contribution in [0.25, 0.3) is 0 Å². The van der Waals surface area contributed by atoms with Gasteiger partial charge in [0.25, 0.3) is 0 Å². The summed E-state index contributed by atoms with van der Waals surface area (Å²) in [6, 6.07) is 8.67. The monoisotopic (exact) mass is 419 g/mol. The van der Waals surface area contributed by atoms with Gasteiger partial charge in [-0.2, -0.15) is 0 Å². The Balaban J connectivity index is 1.83. The van der Waals surface area contributed by atoms with E-state index in [-0.39, 0.29) is 12.5 Å². The molecule has 1 fully saturated rings. The van der Waals surface area contributed by atoms with Crippen LogP contribution in [0.4, 0.5) is 9.59 Å². The molecule has 1 aliphatic heterocycles. The number of nitrogens with zero attached hydrogens (tertiary/aromatic N) is 1. The molecule has 2 N–H and O–H groups in total. The molecular formula is C22H33N3O5. The molecule has 3 amide bonds. The van der Waals surface area contributed by atoms with Crippen molar-refractivity contribution in [2.75, 3.05) is 19.6 Å². The molecule has 30 heavy (non-hydrogen) atoms. The van der Waals surface area contributed by atoms with Crippen molar-refractivity contribution in [1.82, 2.24) is 15.5 Å². The third kappa shape index (κ3) is 8.71. The van der Waals surface area contributed by atoms with Gasteiger partial charge >= 0.3 is 12.2 Å². The molecule has 0 radical (unpaired) electrons. The summed E-state index contributed by atoms with van der Waals surface area (Å²) >= 11 is 0. The molecule has 1 saturated heterocycles. The highest BCUT2D eigenvalue weighted by atomic mass is 16.6. The van der Waals surface area contributed by atoms with Gasteiger partial charge in [-0.25, -0.2) is 9.59 Å². The van der Waals surface area contributed by atoms with E-state index >= 15 is 0 Å². The van der Waals surface area contributed by atoms with Crippen LogP contribution in [0.15, 0.2) is 30.3 Å². The molecule has 0 aromatic heterocycles. The zero-order valence-corrected chi connectivity index (χ0v) is 18.1. The fraction of sp³-hybridized carbons (Fsp3) is 0.591. The minimum atomic E-state index is -0.688. The summed E-state index contributed by atoms with van der Waals surface area (Å²) in [5.41, 5.74) is 0.305. The van der Waals surface area contributed by atoms with Gasteiger partial charge in [-0.15, -0.1) is 0 Å². The highest BCUT2D eigenvalue weighted by molar-refractivity contribution is 5.85. The van der Waals surface area contributed by atoms with Crippen molar-refractivity contribution in [3.63, 3.8) is 0 Å². The van der Waals surface area contributed by atoms with Crippen LogP contribution in [0.2, 0.25) is 0 Å². The number of hydrogen-bond donors (Lipinski definition) is 2. The minimum Gasteiger partial charge on any atom is -0.445 e. The van der Waals surface area contributed by atoms with Gasteiger partial charge in [-0.1, -0.05) is 30.3 Å². The van der Waals surface area contributed by atoms with Crippen molar-refractivity contribution < 1.29 is 23.9 Å². The van der Waals surface area contributed by atoms with Gasteiger partial charge in [0.2, 0.25) is 5.91 Å². The molecule has 2 rings (SSSR count). The lowest BCUT2D eigenvalue weighted by Crippen LogP contribution is -2.48. The highest BCUT2D eigenvalue weighted by Crippen LogP contribution is 2.12. The van der Waals surface area contributed by atoms with Gasteiger partial charge in [0.1, 0.15) is 18.2 Å². The van der Waals surface area contributed by atoms with Crippen molar-refractivity contribution >= 4 is 18.1 Å². The first-order chi connectivity index (χ1) is 14.2. The molecule has 0 spiro atoms. The van der Waals surface area contributed by atoms with Crippen LogP contribution in [0.5, 0.6) is 0 Å². The Bertz CT molecular complexity index is 696. The molecule has 0 aliphatic carbocycles. The topological polar surface area (TPSA) is 97.0 Å². The van der Waals surface area contributed by atoms with E-state index in [4.69, 9.17) is 9.47 Å². The molecule has 1 heterocycles. The van der Waals surface area contributed by atoms with Crippen LogP contribution in [0.1, 0.15) is 52.0 Å². The number of ether oxygens (including phenoxy) is 2. The lowest BCUT2D eigenvalue weighted by Gasteiger charge is -2.24. The summed E-state index contributed by atoms with van der Waals surface area (Å²) in [4.78, 5) is 38.6. The number of nitrogens with one attached hydrogen (secondary N) is 2. The number of likely N-dealkylation sites (tertiary alicyclic amines) is 1. The van der Waals surface area contributed by atoms with E-state index in [0.717, 1.165) is 18.4 Å². The van der Waals surface area contributed by atoms with Gasteiger partial charge in [-0.05, 0) is 52.0 Å². The van der Waals surface area contributed by atoms with Gasteiger partial charge in [0.15, 0.2) is 0 Å². The van der Waals surface area contributed by atoms with Crippen LogP contribution in [-0.4, -0.2) is 54.3 Å². The molecule has 8 heteroatoms. The molecule has 8 nitrogen and oxygen atoms in total. The summed E-state index contributed by atoms with van der Waals surface area (Å²) in [7, 11) is 0. The van der Waals surface area contributed by atoms with Gasteiger partial charge in [0.05, 0.1) is 0 Å². The van der Waals surface area contributed by atoms with E-state index in [1.165, 1.54) is 0 Å². The van der Waals surface area contributed by atoms with Crippen LogP contribution in [-0.2, 0) is 20.9 Å². The molecule has 0 unspecified atom stereocenters. The summed E-state index contributed by atoms with van der Waals surface area (Å²) in [5, 5.41) is 5.37. The zero-order valence-electron chi connectivity index (χ0n) is 18.1. The van der Waals surface area contributed by atoms with Gasteiger partial charge in [0, 0.05) is 19.6 Å². The molecule has 1 atom stereocenters. The fourth-order valence-corrected chi connectivity index (χ4v) is 3.13. The Labute approximate surface area is 178 Å². The standard InChI is InChI=1S/C22H33N3O5/c1-22(2,3)30-20(27)23-13-9-12-18(19(26)25-14-7-8-15-25)24-21(28)29-16-17-10-5-4-6-11-17/h4-6,10-11,18H,7-9,12-16H2,1-3H3,(H,23,27)(H,24,28)/t18-/m0/s1. The van der Waals surface area contributed by atoms with E-state index in [0.29, 0.717) is 32.5 Å². The van der Waals surface area contributed by atoms with Gasteiger partial charge < -0.3 is 25.0 Å². The quantitative estimate of drug-likeness (QED) is 0.631. The van der Waals surface area contributed by atoms with E-state index in [1.54, 1.807) is 25.7 Å². The van der Waals surface area contributed by atoms with Crippen molar-refractivity contribution in [1.29, 1.82) is 0 Å². The van der Waals surface area contributed by atoms with Crippen molar-refractivity contribution in [2.24, 2.45) is 0 Å². The first-order valence-corrected chi connectivity index (χ1v) is 10.5. The molecule has 0 saturated carbocycles. The maximum Gasteiger partial charge on any atom is 0.408 e.